The standard InChI is InChI=1S/C29H44N4O5.C2HF3O2/c34-26-18-17-25(29(38)31-26)30-23-13-15-24(16-14-23)32-19-21-33(22-20-32)27(35)11-9-7-5-3-1-2-4-6-8-10-12-28(36)37;3-2(4,5)1(6)7/h13-16,25,30H,1-12,17-22H2,(H,36,37)(H,31,34,38);(H,6,7). The maximum atomic E-state index is 12.6. The van der Waals surface area contributed by atoms with Crippen molar-refractivity contribution in [2.75, 3.05) is 36.4 Å². The number of carboxylic acid groups (broad SMARTS) is 2. The molecule has 2 aliphatic rings. The molecular formula is C31H45F3N4O7. The van der Waals surface area contributed by atoms with Crippen molar-refractivity contribution in [2.24, 2.45) is 0 Å². The fourth-order valence-corrected chi connectivity index (χ4v) is 5.14. The lowest BCUT2D eigenvalue weighted by molar-refractivity contribution is -0.192. The number of aliphatic carboxylic acids is 2. The molecule has 1 unspecified atom stereocenters. The lowest BCUT2D eigenvalue weighted by atomic mass is 10.0. The average Bonchev–Trinajstić information content (AvgIpc) is 2.99. The van der Waals surface area contributed by atoms with Gasteiger partial charge >= 0.3 is 18.1 Å². The molecule has 11 nitrogen and oxygen atoms in total. The number of halogens is 3. The highest BCUT2D eigenvalue weighted by Crippen LogP contribution is 2.22. The van der Waals surface area contributed by atoms with E-state index in [4.69, 9.17) is 15.0 Å². The van der Waals surface area contributed by atoms with E-state index in [2.05, 4.69) is 15.5 Å². The van der Waals surface area contributed by atoms with Crippen molar-refractivity contribution in [3.05, 3.63) is 24.3 Å². The van der Waals surface area contributed by atoms with Crippen LogP contribution in [0.1, 0.15) is 89.9 Å². The summed E-state index contributed by atoms with van der Waals surface area (Å²) in [5.41, 5.74) is 1.95. The molecule has 2 aliphatic heterocycles. The molecule has 1 aromatic carbocycles. The van der Waals surface area contributed by atoms with E-state index < -0.39 is 18.1 Å². The summed E-state index contributed by atoms with van der Waals surface area (Å²) in [5.74, 6) is -3.69. The molecule has 252 valence electrons. The predicted molar refractivity (Wildman–Crippen MR) is 162 cm³/mol. The molecule has 0 radical (unpaired) electrons. The molecule has 14 heteroatoms. The monoisotopic (exact) mass is 642 g/mol. The Morgan fingerprint density at radius 2 is 1.29 bits per heavy atom. The van der Waals surface area contributed by atoms with Crippen molar-refractivity contribution in [1.82, 2.24) is 10.2 Å². The van der Waals surface area contributed by atoms with E-state index in [9.17, 15) is 32.3 Å². The molecule has 3 amide bonds. The maximum absolute atomic E-state index is 12.6. The Kier molecular flexibility index (Phi) is 16.2. The van der Waals surface area contributed by atoms with Gasteiger partial charge in [-0.15, -0.1) is 0 Å². The molecule has 1 atom stereocenters. The quantitative estimate of drug-likeness (QED) is 0.145. The largest absolute Gasteiger partial charge is 0.490 e. The van der Waals surface area contributed by atoms with Crippen LogP contribution in [0.3, 0.4) is 0 Å². The maximum Gasteiger partial charge on any atom is 0.490 e. The Morgan fingerprint density at radius 3 is 1.76 bits per heavy atom. The number of amides is 3. The Hall–Kier alpha value is -3.84. The normalized spacial score (nSPS) is 16.8. The fraction of sp³-hybridized carbons (Fsp3) is 0.645. The summed E-state index contributed by atoms with van der Waals surface area (Å²) in [4.78, 5) is 59.5. The highest BCUT2D eigenvalue weighted by molar-refractivity contribution is 6.01. The number of rotatable bonds is 16. The van der Waals surface area contributed by atoms with Crippen molar-refractivity contribution in [3.63, 3.8) is 0 Å². The SMILES string of the molecule is O=C(O)C(F)(F)F.O=C(O)CCCCCCCCCCCCC(=O)N1CCN(c2ccc(NC3CCC(=O)NC3=O)cc2)CC1. The minimum atomic E-state index is -5.08. The summed E-state index contributed by atoms with van der Waals surface area (Å²) in [7, 11) is 0. The minimum Gasteiger partial charge on any atom is -0.481 e. The molecular weight excluding hydrogens is 597 g/mol. The summed E-state index contributed by atoms with van der Waals surface area (Å²) >= 11 is 0. The molecule has 0 bridgehead atoms. The molecule has 2 saturated heterocycles. The molecule has 4 N–H and O–H groups in total. The lowest BCUT2D eigenvalue weighted by Crippen LogP contribution is -2.48. The zero-order chi connectivity index (χ0) is 33.2. The summed E-state index contributed by atoms with van der Waals surface area (Å²) in [6, 6.07) is 7.59. The van der Waals surface area contributed by atoms with Crippen molar-refractivity contribution in [1.29, 1.82) is 0 Å². The first-order valence-electron chi connectivity index (χ1n) is 15.6. The zero-order valence-electron chi connectivity index (χ0n) is 25.6. The van der Waals surface area contributed by atoms with Crippen LogP contribution in [-0.4, -0.2) is 83.2 Å². The number of unbranched alkanes of at least 4 members (excludes halogenated alkanes) is 9. The van der Waals surface area contributed by atoms with Gasteiger partial charge in [-0.1, -0.05) is 51.4 Å². The van der Waals surface area contributed by atoms with Crippen LogP contribution in [0.5, 0.6) is 0 Å². The van der Waals surface area contributed by atoms with E-state index in [1.54, 1.807) is 0 Å². The number of alkyl halides is 3. The first kappa shape index (κ1) is 37.3. The van der Waals surface area contributed by atoms with E-state index in [0.29, 0.717) is 19.3 Å². The van der Waals surface area contributed by atoms with E-state index >= 15 is 0 Å². The second-order valence-corrected chi connectivity index (χ2v) is 11.3. The van der Waals surface area contributed by atoms with E-state index in [1.165, 1.54) is 32.1 Å². The molecule has 2 heterocycles. The number of nitrogens with one attached hydrogen (secondary N) is 2. The zero-order valence-corrected chi connectivity index (χ0v) is 25.6. The third-order valence-electron chi connectivity index (χ3n) is 7.72. The Labute approximate surface area is 261 Å². The molecule has 0 saturated carbocycles. The van der Waals surface area contributed by atoms with E-state index in [1.807, 2.05) is 29.2 Å². The van der Waals surface area contributed by atoms with Gasteiger partial charge in [0.15, 0.2) is 0 Å². The number of hydrogen-bond acceptors (Lipinski definition) is 7. The van der Waals surface area contributed by atoms with Crippen LogP contribution in [0, 0.1) is 0 Å². The van der Waals surface area contributed by atoms with Crippen LogP contribution < -0.4 is 15.5 Å². The number of nitrogens with zero attached hydrogens (tertiary/aromatic N) is 2. The van der Waals surface area contributed by atoms with Crippen LogP contribution in [-0.2, 0) is 24.0 Å². The molecule has 2 fully saturated rings. The number of carboxylic acids is 2. The first-order chi connectivity index (χ1) is 21.4. The van der Waals surface area contributed by atoms with Crippen molar-refractivity contribution >= 4 is 41.0 Å². The number of piperidine rings is 1. The van der Waals surface area contributed by atoms with Crippen LogP contribution in [0.25, 0.3) is 0 Å². The highest BCUT2D eigenvalue weighted by atomic mass is 19.4. The number of piperazine rings is 1. The van der Waals surface area contributed by atoms with Crippen LogP contribution in [0.2, 0.25) is 0 Å². The van der Waals surface area contributed by atoms with Crippen LogP contribution in [0.15, 0.2) is 24.3 Å². The number of imide groups is 1. The molecule has 0 aliphatic carbocycles. The number of carbonyl (C=O) groups is 5. The fourth-order valence-electron chi connectivity index (χ4n) is 5.14. The van der Waals surface area contributed by atoms with Gasteiger partial charge in [-0.2, -0.15) is 13.2 Å². The first-order valence-corrected chi connectivity index (χ1v) is 15.6. The third-order valence-corrected chi connectivity index (χ3v) is 7.72. The van der Waals surface area contributed by atoms with Gasteiger partial charge in [0.2, 0.25) is 17.7 Å². The molecule has 0 spiro atoms. The van der Waals surface area contributed by atoms with Gasteiger partial charge in [0.25, 0.3) is 0 Å². The Balaban J connectivity index is 0.000000900. The van der Waals surface area contributed by atoms with Gasteiger partial charge in [-0.25, -0.2) is 4.79 Å². The number of carbonyl (C=O) groups excluding carboxylic acids is 3. The number of hydrogen-bond donors (Lipinski definition) is 4. The van der Waals surface area contributed by atoms with Gasteiger partial charge in [0, 0.05) is 56.8 Å². The number of anilines is 2. The smallest absolute Gasteiger partial charge is 0.481 e. The van der Waals surface area contributed by atoms with Gasteiger partial charge < -0.3 is 25.3 Å². The van der Waals surface area contributed by atoms with Crippen LogP contribution in [0.4, 0.5) is 24.5 Å². The topological polar surface area (TPSA) is 156 Å². The molecule has 45 heavy (non-hydrogen) atoms. The average molecular weight is 643 g/mol. The molecule has 0 aromatic heterocycles. The summed E-state index contributed by atoms with van der Waals surface area (Å²) in [5, 5.41) is 21.3. The van der Waals surface area contributed by atoms with E-state index in [0.717, 1.165) is 69.7 Å². The van der Waals surface area contributed by atoms with Crippen molar-refractivity contribution < 1.29 is 47.4 Å². The summed E-state index contributed by atoms with van der Waals surface area (Å²) in [6.45, 7) is 3.09. The van der Waals surface area contributed by atoms with Crippen LogP contribution >= 0.6 is 0 Å². The molecule has 1 aromatic rings. The Bertz CT molecular complexity index is 1110. The summed E-state index contributed by atoms with van der Waals surface area (Å²) < 4.78 is 31.7. The molecule has 3 rings (SSSR count). The van der Waals surface area contributed by atoms with Crippen molar-refractivity contribution in [2.45, 2.75) is 102 Å². The minimum absolute atomic E-state index is 0.216. The predicted octanol–water partition coefficient (Wildman–Crippen LogP) is 4.95. The van der Waals surface area contributed by atoms with Gasteiger partial charge in [-0.05, 0) is 43.5 Å². The Morgan fingerprint density at radius 1 is 0.800 bits per heavy atom. The van der Waals surface area contributed by atoms with Crippen molar-refractivity contribution in [3.8, 4) is 0 Å². The van der Waals surface area contributed by atoms with Gasteiger partial charge in [0.1, 0.15) is 6.04 Å². The summed E-state index contributed by atoms with van der Waals surface area (Å²) in [6.07, 6.45) is 7.69. The second kappa shape index (κ2) is 19.5. The highest BCUT2D eigenvalue weighted by Gasteiger charge is 2.38. The van der Waals surface area contributed by atoms with Gasteiger partial charge in [-0.3, -0.25) is 24.5 Å². The number of benzene rings is 1. The van der Waals surface area contributed by atoms with E-state index in [-0.39, 0.29) is 30.2 Å². The van der Waals surface area contributed by atoms with Gasteiger partial charge in [0.05, 0.1) is 0 Å². The lowest BCUT2D eigenvalue weighted by Gasteiger charge is -2.36. The third kappa shape index (κ3) is 15.1. The second-order valence-electron chi connectivity index (χ2n) is 11.3.